The van der Waals surface area contributed by atoms with Crippen molar-refractivity contribution in [3.05, 3.63) is 23.8 Å². The van der Waals surface area contributed by atoms with Gasteiger partial charge in [-0.3, -0.25) is 4.90 Å². The maximum absolute atomic E-state index is 9.74. The quantitative estimate of drug-likeness (QED) is 0.867. The van der Waals surface area contributed by atoms with Crippen molar-refractivity contribution >= 4 is 0 Å². The number of likely N-dealkylation sites (tertiary alicyclic amines) is 1. The first-order valence-corrected chi connectivity index (χ1v) is 6.30. The van der Waals surface area contributed by atoms with E-state index in [1.54, 1.807) is 20.3 Å². The molecule has 0 spiro atoms. The molecule has 1 aromatic carbocycles. The van der Waals surface area contributed by atoms with Crippen LogP contribution in [0, 0.1) is 5.92 Å². The number of ether oxygens (including phenoxy) is 2. The molecule has 0 aliphatic carbocycles. The number of aromatic hydroxyl groups is 1. The minimum atomic E-state index is 0.211. The molecular weight excluding hydrogens is 230 g/mol. The molecule has 0 amide bonds. The Morgan fingerprint density at radius 3 is 2.89 bits per heavy atom. The van der Waals surface area contributed by atoms with Gasteiger partial charge in [0.05, 0.1) is 13.7 Å². The van der Waals surface area contributed by atoms with Crippen LogP contribution in [-0.2, 0) is 11.3 Å². The highest BCUT2D eigenvalue weighted by atomic mass is 16.5. The molecule has 4 heteroatoms. The molecular formula is C14H21NO3. The molecule has 1 unspecified atom stereocenters. The number of hydrogen-bond acceptors (Lipinski definition) is 4. The monoisotopic (exact) mass is 251 g/mol. The minimum absolute atomic E-state index is 0.211. The van der Waals surface area contributed by atoms with E-state index in [-0.39, 0.29) is 5.75 Å². The van der Waals surface area contributed by atoms with Gasteiger partial charge in [-0.05, 0) is 36.6 Å². The van der Waals surface area contributed by atoms with Crippen LogP contribution in [0.2, 0.25) is 0 Å². The van der Waals surface area contributed by atoms with Crippen molar-refractivity contribution in [1.82, 2.24) is 4.90 Å². The molecule has 1 aromatic rings. The Balaban J connectivity index is 1.92. The first-order chi connectivity index (χ1) is 8.72. The van der Waals surface area contributed by atoms with Crippen molar-refractivity contribution in [3.8, 4) is 11.5 Å². The van der Waals surface area contributed by atoms with E-state index in [9.17, 15) is 5.11 Å². The predicted molar refractivity (Wildman–Crippen MR) is 69.9 cm³/mol. The molecule has 1 fully saturated rings. The van der Waals surface area contributed by atoms with Gasteiger partial charge in [0.2, 0.25) is 0 Å². The van der Waals surface area contributed by atoms with Gasteiger partial charge in [0.25, 0.3) is 0 Å². The summed E-state index contributed by atoms with van der Waals surface area (Å²) in [6, 6.07) is 5.60. The van der Waals surface area contributed by atoms with Gasteiger partial charge in [-0.1, -0.05) is 6.07 Å². The second kappa shape index (κ2) is 6.07. The van der Waals surface area contributed by atoms with E-state index in [2.05, 4.69) is 4.90 Å². The molecule has 18 heavy (non-hydrogen) atoms. The molecule has 1 saturated heterocycles. The van der Waals surface area contributed by atoms with Gasteiger partial charge in [0.1, 0.15) is 0 Å². The van der Waals surface area contributed by atoms with E-state index in [1.807, 2.05) is 12.1 Å². The van der Waals surface area contributed by atoms with Crippen LogP contribution in [0.25, 0.3) is 0 Å². The number of benzene rings is 1. The molecule has 1 N–H and O–H groups in total. The summed E-state index contributed by atoms with van der Waals surface area (Å²) in [5.74, 6) is 1.38. The lowest BCUT2D eigenvalue weighted by atomic mass is 10.1. The summed E-state index contributed by atoms with van der Waals surface area (Å²) in [6.07, 6.45) is 1.19. The minimum Gasteiger partial charge on any atom is -0.504 e. The molecule has 0 radical (unpaired) electrons. The van der Waals surface area contributed by atoms with Gasteiger partial charge < -0.3 is 14.6 Å². The first-order valence-electron chi connectivity index (χ1n) is 6.30. The summed E-state index contributed by atoms with van der Waals surface area (Å²) in [5, 5.41) is 9.74. The normalized spacial score (nSPS) is 20.2. The largest absolute Gasteiger partial charge is 0.504 e. The van der Waals surface area contributed by atoms with Crippen molar-refractivity contribution < 1.29 is 14.6 Å². The van der Waals surface area contributed by atoms with E-state index >= 15 is 0 Å². The second-order valence-corrected chi connectivity index (χ2v) is 4.85. The molecule has 2 rings (SSSR count). The lowest BCUT2D eigenvalue weighted by Crippen LogP contribution is -2.21. The fourth-order valence-electron chi connectivity index (χ4n) is 2.52. The smallest absolute Gasteiger partial charge is 0.160 e. The van der Waals surface area contributed by atoms with Crippen molar-refractivity contribution in [2.75, 3.05) is 33.9 Å². The third-order valence-corrected chi connectivity index (χ3v) is 3.42. The Kier molecular flexibility index (Phi) is 4.44. The first kappa shape index (κ1) is 13.2. The van der Waals surface area contributed by atoms with Crippen LogP contribution in [0.5, 0.6) is 11.5 Å². The van der Waals surface area contributed by atoms with Gasteiger partial charge in [-0.2, -0.15) is 0 Å². The highest BCUT2D eigenvalue weighted by Gasteiger charge is 2.22. The van der Waals surface area contributed by atoms with Crippen molar-refractivity contribution in [2.24, 2.45) is 5.92 Å². The van der Waals surface area contributed by atoms with Gasteiger partial charge in [0, 0.05) is 20.2 Å². The van der Waals surface area contributed by atoms with Crippen LogP contribution in [0.1, 0.15) is 12.0 Å². The lowest BCUT2D eigenvalue weighted by molar-refractivity contribution is 0.152. The molecule has 1 heterocycles. The summed E-state index contributed by atoms with van der Waals surface area (Å²) < 4.78 is 10.2. The highest BCUT2D eigenvalue weighted by Crippen LogP contribution is 2.27. The number of methoxy groups -OCH3 is 2. The summed E-state index contributed by atoms with van der Waals surface area (Å²) in [7, 11) is 3.31. The van der Waals surface area contributed by atoms with Crippen LogP contribution in [0.15, 0.2) is 18.2 Å². The lowest BCUT2D eigenvalue weighted by Gasteiger charge is -2.16. The third-order valence-electron chi connectivity index (χ3n) is 3.42. The van der Waals surface area contributed by atoms with E-state index in [0.717, 1.165) is 31.8 Å². The number of nitrogens with zero attached hydrogens (tertiary/aromatic N) is 1. The molecule has 1 atom stereocenters. The molecule has 100 valence electrons. The highest BCUT2D eigenvalue weighted by molar-refractivity contribution is 5.41. The predicted octanol–water partition coefficient (Wildman–Crippen LogP) is 1.87. The van der Waals surface area contributed by atoms with Crippen molar-refractivity contribution in [2.45, 2.75) is 13.0 Å². The summed E-state index contributed by atoms with van der Waals surface area (Å²) in [6.45, 7) is 3.88. The Morgan fingerprint density at radius 2 is 2.22 bits per heavy atom. The molecule has 0 bridgehead atoms. The van der Waals surface area contributed by atoms with Gasteiger partial charge in [0.15, 0.2) is 11.5 Å². The Hall–Kier alpha value is -1.26. The zero-order valence-corrected chi connectivity index (χ0v) is 11.1. The summed E-state index contributed by atoms with van der Waals surface area (Å²) in [4.78, 5) is 2.39. The van der Waals surface area contributed by atoms with E-state index in [4.69, 9.17) is 9.47 Å². The number of rotatable bonds is 5. The average molecular weight is 251 g/mol. The number of phenols is 1. The van der Waals surface area contributed by atoms with Gasteiger partial charge in [-0.25, -0.2) is 0 Å². The fraction of sp³-hybridized carbons (Fsp3) is 0.571. The van der Waals surface area contributed by atoms with Crippen molar-refractivity contribution in [3.63, 3.8) is 0 Å². The molecule has 1 aliphatic rings. The van der Waals surface area contributed by atoms with E-state index < -0.39 is 0 Å². The summed E-state index contributed by atoms with van der Waals surface area (Å²) in [5.41, 5.74) is 1.12. The molecule has 4 nitrogen and oxygen atoms in total. The van der Waals surface area contributed by atoms with Crippen LogP contribution >= 0.6 is 0 Å². The molecule has 0 aromatic heterocycles. The average Bonchev–Trinajstić information content (AvgIpc) is 2.77. The Labute approximate surface area is 108 Å². The Morgan fingerprint density at radius 1 is 1.39 bits per heavy atom. The number of hydrogen-bond donors (Lipinski definition) is 1. The van der Waals surface area contributed by atoms with E-state index in [0.29, 0.717) is 11.7 Å². The summed E-state index contributed by atoms with van der Waals surface area (Å²) >= 11 is 0. The maximum Gasteiger partial charge on any atom is 0.160 e. The zero-order valence-electron chi connectivity index (χ0n) is 11.1. The zero-order chi connectivity index (χ0) is 13.0. The van der Waals surface area contributed by atoms with Crippen molar-refractivity contribution in [1.29, 1.82) is 0 Å². The van der Waals surface area contributed by atoms with Crippen LogP contribution < -0.4 is 4.74 Å². The number of phenolic OH excluding ortho intramolecular Hbond substituents is 1. The SMILES string of the molecule is COCC1CCN(Cc2ccc(OC)c(O)c2)C1. The second-order valence-electron chi connectivity index (χ2n) is 4.85. The molecule has 0 saturated carbocycles. The van der Waals surface area contributed by atoms with E-state index in [1.165, 1.54) is 6.42 Å². The van der Waals surface area contributed by atoms with Gasteiger partial charge >= 0.3 is 0 Å². The Bertz CT molecular complexity index is 395. The maximum atomic E-state index is 9.74. The van der Waals surface area contributed by atoms with Crippen LogP contribution in [0.4, 0.5) is 0 Å². The topological polar surface area (TPSA) is 41.9 Å². The molecule has 1 aliphatic heterocycles. The van der Waals surface area contributed by atoms with Crippen LogP contribution in [0.3, 0.4) is 0 Å². The van der Waals surface area contributed by atoms with Gasteiger partial charge in [-0.15, -0.1) is 0 Å². The van der Waals surface area contributed by atoms with Crippen LogP contribution in [-0.4, -0.2) is 43.9 Å². The third kappa shape index (κ3) is 3.15. The standard InChI is InChI=1S/C14H21NO3/c1-17-10-12-5-6-15(9-12)8-11-3-4-14(18-2)13(16)7-11/h3-4,7,12,16H,5-6,8-10H2,1-2H3. The fourth-order valence-corrected chi connectivity index (χ4v) is 2.52.